The zero-order chi connectivity index (χ0) is 20.6. The van der Waals surface area contributed by atoms with Gasteiger partial charge in [0.1, 0.15) is 0 Å². The van der Waals surface area contributed by atoms with Gasteiger partial charge in [-0.15, -0.1) is 0 Å². The smallest absolute Gasteiger partial charge is 0.262 e. The lowest BCUT2D eigenvalue weighted by atomic mass is 9.81. The Labute approximate surface area is 170 Å². The van der Waals surface area contributed by atoms with Crippen LogP contribution < -0.4 is 4.72 Å². The molecule has 1 saturated heterocycles. The van der Waals surface area contributed by atoms with E-state index in [0.29, 0.717) is 16.8 Å². The third-order valence-electron chi connectivity index (χ3n) is 5.73. The van der Waals surface area contributed by atoms with Crippen molar-refractivity contribution in [2.75, 3.05) is 4.72 Å². The number of aromatic nitrogens is 1. The molecule has 0 spiro atoms. The van der Waals surface area contributed by atoms with Crippen molar-refractivity contribution >= 4 is 27.5 Å². The molecule has 152 valence electrons. The molecule has 1 aliphatic heterocycles. The lowest BCUT2D eigenvalue weighted by Crippen LogP contribution is -2.30. The van der Waals surface area contributed by atoms with E-state index in [1.165, 1.54) is 17.2 Å². The summed E-state index contributed by atoms with van der Waals surface area (Å²) in [6, 6.07) is 8.26. The molecule has 2 aromatic rings. The van der Waals surface area contributed by atoms with Crippen molar-refractivity contribution in [3.8, 4) is 0 Å². The van der Waals surface area contributed by atoms with E-state index in [1.807, 2.05) is 0 Å². The summed E-state index contributed by atoms with van der Waals surface area (Å²) in [4.78, 5) is 30.8. The summed E-state index contributed by atoms with van der Waals surface area (Å²) >= 11 is 0. The van der Waals surface area contributed by atoms with Gasteiger partial charge in [0.25, 0.3) is 10.0 Å². The number of pyridine rings is 1. The second kappa shape index (κ2) is 7.59. The highest BCUT2D eigenvalue weighted by atomic mass is 32.2. The van der Waals surface area contributed by atoms with Crippen LogP contribution in [0, 0.1) is 18.8 Å². The molecule has 1 aromatic carbocycles. The third-order valence-corrected chi connectivity index (χ3v) is 7.25. The molecule has 0 bridgehead atoms. The Bertz CT molecular complexity index is 1030. The van der Waals surface area contributed by atoms with Crippen LogP contribution in [-0.2, 0) is 26.2 Å². The molecule has 0 radical (unpaired) electrons. The van der Waals surface area contributed by atoms with Gasteiger partial charge in [-0.3, -0.25) is 24.2 Å². The molecule has 8 heteroatoms. The number of amides is 2. The SMILES string of the molecule is Cc1ccc(CN2C(=O)[C@@H]3CCCC[C@H]3C2=O)cc1S(=O)(=O)Nc1cccnc1. The van der Waals surface area contributed by atoms with Gasteiger partial charge in [0.15, 0.2) is 0 Å². The number of aryl methyl sites for hydroxylation is 1. The number of nitrogens with zero attached hydrogens (tertiary/aromatic N) is 2. The molecule has 2 fully saturated rings. The number of benzene rings is 1. The molecular weight excluding hydrogens is 390 g/mol. The van der Waals surface area contributed by atoms with E-state index < -0.39 is 10.0 Å². The summed E-state index contributed by atoms with van der Waals surface area (Å²) in [7, 11) is -3.83. The van der Waals surface area contributed by atoms with E-state index in [0.717, 1.165) is 25.7 Å². The van der Waals surface area contributed by atoms with Crippen LogP contribution in [0.3, 0.4) is 0 Å². The summed E-state index contributed by atoms with van der Waals surface area (Å²) in [5.74, 6) is -0.675. The molecule has 2 amide bonds. The Morgan fingerprint density at radius 1 is 1.10 bits per heavy atom. The number of hydrogen-bond donors (Lipinski definition) is 1. The molecular formula is C21H23N3O4S. The minimum Gasteiger partial charge on any atom is -0.278 e. The van der Waals surface area contributed by atoms with Gasteiger partial charge in [0, 0.05) is 6.20 Å². The highest BCUT2D eigenvalue weighted by molar-refractivity contribution is 7.92. The number of carbonyl (C=O) groups excluding carboxylic acids is 2. The Morgan fingerprint density at radius 2 is 1.79 bits per heavy atom. The number of rotatable bonds is 5. The zero-order valence-electron chi connectivity index (χ0n) is 16.2. The molecule has 0 unspecified atom stereocenters. The predicted molar refractivity (Wildman–Crippen MR) is 107 cm³/mol. The predicted octanol–water partition coefficient (Wildman–Crippen LogP) is 2.87. The van der Waals surface area contributed by atoms with Crippen molar-refractivity contribution in [1.29, 1.82) is 0 Å². The van der Waals surface area contributed by atoms with Crippen LogP contribution in [0.2, 0.25) is 0 Å². The standard InChI is InChI=1S/C21H23N3O4S/c1-14-8-9-15(11-19(14)29(27,28)23-16-5-4-10-22-12-16)13-24-20(25)17-6-2-3-7-18(17)21(24)26/h4-5,8-12,17-18,23H,2-3,6-7,13H2,1H3/t17-,18-/m1/s1. The van der Waals surface area contributed by atoms with E-state index >= 15 is 0 Å². The normalized spacial score (nSPS) is 21.9. The number of likely N-dealkylation sites (tertiary alicyclic amines) is 1. The number of anilines is 1. The van der Waals surface area contributed by atoms with Crippen molar-refractivity contribution < 1.29 is 18.0 Å². The first-order chi connectivity index (χ1) is 13.9. The molecule has 2 aliphatic rings. The lowest BCUT2D eigenvalue weighted by Gasteiger charge is -2.19. The van der Waals surface area contributed by atoms with E-state index in [4.69, 9.17) is 0 Å². The van der Waals surface area contributed by atoms with Crippen molar-refractivity contribution in [3.05, 3.63) is 53.9 Å². The highest BCUT2D eigenvalue weighted by Gasteiger charge is 2.47. The fourth-order valence-electron chi connectivity index (χ4n) is 4.24. The first-order valence-electron chi connectivity index (χ1n) is 9.74. The molecule has 1 saturated carbocycles. The Morgan fingerprint density at radius 3 is 2.41 bits per heavy atom. The molecule has 7 nitrogen and oxygen atoms in total. The minimum atomic E-state index is -3.83. The van der Waals surface area contributed by atoms with Crippen molar-refractivity contribution in [2.24, 2.45) is 11.8 Å². The molecule has 1 aromatic heterocycles. The van der Waals surface area contributed by atoms with Crippen molar-refractivity contribution in [3.63, 3.8) is 0 Å². The van der Waals surface area contributed by atoms with Crippen LogP contribution in [0.1, 0.15) is 36.8 Å². The van der Waals surface area contributed by atoms with Gasteiger partial charge >= 0.3 is 0 Å². The average Bonchev–Trinajstić information content (AvgIpc) is 2.95. The second-order valence-electron chi connectivity index (χ2n) is 7.71. The molecule has 29 heavy (non-hydrogen) atoms. The van der Waals surface area contributed by atoms with Crippen molar-refractivity contribution in [2.45, 2.75) is 44.0 Å². The van der Waals surface area contributed by atoms with Gasteiger partial charge in [0.05, 0.1) is 35.2 Å². The second-order valence-corrected chi connectivity index (χ2v) is 9.36. The van der Waals surface area contributed by atoms with Crippen LogP contribution in [-0.4, -0.2) is 30.1 Å². The zero-order valence-corrected chi connectivity index (χ0v) is 17.0. The Balaban J connectivity index is 1.59. The Kier molecular flexibility index (Phi) is 5.12. The summed E-state index contributed by atoms with van der Waals surface area (Å²) in [5, 5.41) is 0. The number of hydrogen-bond acceptors (Lipinski definition) is 5. The topological polar surface area (TPSA) is 96.4 Å². The lowest BCUT2D eigenvalue weighted by molar-refractivity contribution is -0.140. The third kappa shape index (κ3) is 3.76. The fourth-order valence-corrected chi connectivity index (χ4v) is 5.57. The van der Waals surface area contributed by atoms with Gasteiger partial charge in [0.2, 0.25) is 11.8 Å². The summed E-state index contributed by atoms with van der Waals surface area (Å²) in [6.45, 7) is 1.81. The van der Waals surface area contributed by atoms with Gasteiger partial charge in [-0.1, -0.05) is 25.0 Å². The van der Waals surface area contributed by atoms with Crippen LogP contribution in [0.25, 0.3) is 0 Å². The fraction of sp³-hybridized carbons (Fsp3) is 0.381. The highest BCUT2D eigenvalue weighted by Crippen LogP contribution is 2.38. The quantitative estimate of drug-likeness (QED) is 0.761. The van der Waals surface area contributed by atoms with Gasteiger partial charge < -0.3 is 0 Å². The number of nitrogens with one attached hydrogen (secondary N) is 1. The van der Waals surface area contributed by atoms with E-state index in [-0.39, 0.29) is 35.1 Å². The Hall–Kier alpha value is -2.74. The van der Waals surface area contributed by atoms with Gasteiger partial charge in [-0.05, 0) is 49.1 Å². The first kappa shape index (κ1) is 19.6. The number of carbonyl (C=O) groups is 2. The van der Waals surface area contributed by atoms with Gasteiger partial charge in [-0.25, -0.2) is 8.42 Å². The van der Waals surface area contributed by atoms with Crippen LogP contribution in [0.4, 0.5) is 5.69 Å². The summed E-state index contributed by atoms with van der Waals surface area (Å²) in [6.07, 6.45) is 6.45. The molecule has 2 atom stereocenters. The van der Waals surface area contributed by atoms with E-state index in [9.17, 15) is 18.0 Å². The number of imide groups is 1. The van der Waals surface area contributed by atoms with E-state index in [2.05, 4.69) is 9.71 Å². The summed E-state index contributed by atoms with van der Waals surface area (Å²) < 4.78 is 28.2. The maximum Gasteiger partial charge on any atom is 0.262 e. The molecule has 1 N–H and O–H groups in total. The van der Waals surface area contributed by atoms with Gasteiger partial charge in [-0.2, -0.15) is 0 Å². The number of sulfonamides is 1. The molecule has 2 heterocycles. The van der Waals surface area contributed by atoms with Crippen LogP contribution in [0.15, 0.2) is 47.6 Å². The van der Waals surface area contributed by atoms with Crippen LogP contribution in [0.5, 0.6) is 0 Å². The largest absolute Gasteiger partial charge is 0.278 e. The van der Waals surface area contributed by atoms with Crippen LogP contribution >= 0.6 is 0 Å². The van der Waals surface area contributed by atoms with E-state index in [1.54, 1.807) is 37.4 Å². The molecule has 1 aliphatic carbocycles. The number of fused-ring (bicyclic) bond motifs is 1. The maximum absolute atomic E-state index is 12.9. The monoisotopic (exact) mass is 413 g/mol. The van der Waals surface area contributed by atoms with Crippen molar-refractivity contribution in [1.82, 2.24) is 9.88 Å². The first-order valence-corrected chi connectivity index (χ1v) is 11.2. The molecule has 4 rings (SSSR count). The minimum absolute atomic E-state index is 0.0976. The summed E-state index contributed by atoms with van der Waals surface area (Å²) in [5.41, 5.74) is 1.56. The maximum atomic E-state index is 12.9. The average molecular weight is 413 g/mol.